The predicted molar refractivity (Wildman–Crippen MR) is 72.1 cm³/mol. The molecule has 1 saturated carbocycles. The number of anilines is 3. The Morgan fingerprint density at radius 3 is 2.61 bits per heavy atom. The number of benzene rings is 1. The van der Waals surface area contributed by atoms with Crippen LogP contribution in [0.25, 0.3) is 0 Å². The summed E-state index contributed by atoms with van der Waals surface area (Å²) in [5.41, 5.74) is 11.9. The van der Waals surface area contributed by atoms with E-state index in [0.29, 0.717) is 13.0 Å². The summed E-state index contributed by atoms with van der Waals surface area (Å²) in [5, 5.41) is 11.8. The lowest BCUT2D eigenvalue weighted by Gasteiger charge is -2.18. The highest BCUT2D eigenvalue weighted by molar-refractivity contribution is 6.33. The van der Waals surface area contributed by atoms with Crippen LogP contribution < -0.4 is 16.8 Å². The van der Waals surface area contributed by atoms with E-state index in [-0.39, 0.29) is 34.1 Å². The molecule has 2 rings (SSSR count). The number of aliphatic hydroxyl groups excluding tert-OH is 1. The highest BCUT2D eigenvalue weighted by atomic mass is 35.5. The first-order chi connectivity index (χ1) is 8.49. The molecule has 0 heterocycles. The summed E-state index contributed by atoms with van der Waals surface area (Å²) >= 11 is 5.75. The molecule has 6 N–H and O–H groups in total. The summed E-state index contributed by atoms with van der Waals surface area (Å²) in [5.74, 6) is -0.617. The fourth-order valence-electron chi connectivity index (χ4n) is 2.05. The fraction of sp³-hybridized carbons (Fsp3) is 0.500. The summed E-state index contributed by atoms with van der Waals surface area (Å²) in [6, 6.07) is 1.44. The number of rotatable bonds is 5. The Balaban J connectivity index is 2.13. The minimum atomic E-state index is -0.617. The molecule has 0 atom stereocenters. The molecule has 0 spiro atoms. The second-order valence-electron chi connectivity index (χ2n) is 4.89. The van der Waals surface area contributed by atoms with Crippen LogP contribution in [0.2, 0.25) is 5.02 Å². The van der Waals surface area contributed by atoms with E-state index < -0.39 is 5.82 Å². The maximum atomic E-state index is 13.9. The molecule has 0 radical (unpaired) electrons. The first kappa shape index (κ1) is 13.2. The van der Waals surface area contributed by atoms with E-state index in [4.69, 9.17) is 28.2 Å². The molecule has 4 nitrogen and oxygen atoms in total. The molecule has 18 heavy (non-hydrogen) atoms. The van der Waals surface area contributed by atoms with E-state index >= 15 is 0 Å². The van der Waals surface area contributed by atoms with Crippen LogP contribution in [0.15, 0.2) is 6.07 Å². The molecule has 1 aliphatic carbocycles. The molecule has 0 saturated heterocycles. The number of nitrogen functional groups attached to an aromatic ring is 2. The average Bonchev–Trinajstić information content (AvgIpc) is 3.07. The summed E-state index contributed by atoms with van der Waals surface area (Å²) < 4.78 is 13.9. The van der Waals surface area contributed by atoms with Gasteiger partial charge in [0.2, 0.25) is 0 Å². The van der Waals surface area contributed by atoms with Crippen LogP contribution in [0.4, 0.5) is 21.5 Å². The van der Waals surface area contributed by atoms with Gasteiger partial charge in [0, 0.05) is 13.2 Å². The topological polar surface area (TPSA) is 84.3 Å². The zero-order valence-corrected chi connectivity index (χ0v) is 10.7. The van der Waals surface area contributed by atoms with Crippen molar-refractivity contribution in [3.8, 4) is 0 Å². The lowest BCUT2D eigenvalue weighted by Crippen LogP contribution is -2.18. The van der Waals surface area contributed by atoms with Gasteiger partial charge in [0.05, 0.1) is 17.1 Å². The Labute approximate surface area is 110 Å². The number of hydrogen-bond donors (Lipinski definition) is 4. The number of nitrogens with one attached hydrogen (secondary N) is 1. The first-order valence-corrected chi connectivity index (χ1v) is 6.24. The van der Waals surface area contributed by atoms with Crippen LogP contribution in [0.1, 0.15) is 19.3 Å². The first-order valence-electron chi connectivity index (χ1n) is 5.87. The van der Waals surface area contributed by atoms with Crippen LogP contribution in [0, 0.1) is 11.2 Å². The number of halogens is 2. The number of nitrogens with two attached hydrogens (primary N) is 2. The van der Waals surface area contributed by atoms with Gasteiger partial charge in [-0.3, -0.25) is 0 Å². The molecule has 1 aliphatic rings. The van der Waals surface area contributed by atoms with E-state index in [1.165, 1.54) is 6.07 Å². The van der Waals surface area contributed by atoms with E-state index in [1.807, 2.05) is 0 Å². The molecule has 0 aliphatic heterocycles. The van der Waals surface area contributed by atoms with Crippen molar-refractivity contribution in [3.63, 3.8) is 0 Å². The van der Waals surface area contributed by atoms with Crippen molar-refractivity contribution in [1.29, 1.82) is 0 Å². The van der Waals surface area contributed by atoms with Crippen molar-refractivity contribution in [1.82, 2.24) is 0 Å². The van der Waals surface area contributed by atoms with Gasteiger partial charge < -0.3 is 21.9 Å². The smallest absolute Gasteiger partial charge is 0.169 e. The minimum Gasteiger partial charge on any atom is -0.397 e. The van der Waals surface area contributed by atoms with Crippen LogP contribution >= 0.6 is 11.6 Å². The SMILES string of the molecule is Nc1cc(N)c(NCC2(CCO)CC2)c(F)c1Cl. The molecule has 0 unspecified atom stereocenters. The lowest BCUT2D eigenvalue weighted by molar-refractivity contribution is 0.253. The van der Waals surface area contributed by atoms with Crippen molar-refractivity contribution < 1.29 is 9.50 Å². The van der Waals surface area contributed by atoms with E-state index in [9.17, 15) is 4.39 Å². The third-order valence-corrected chi connectivity index (χ3v) is 3.89. The van der Waals surface area contributed by atoms with Gasteiger partial charge in [0.25, 0.3) is 0 Å². The summed E-state index contributed by atoms with van der Waals surface area (Å²) in [6.07, 6.45) is 2.78. The number of aliphatic hydroxyl groups is 1. The van der Waals surface area contributed by atoms with Gasteiger partial charge in [-0.25, -0.2) is 4.39 Å². The quantitative estimate of drug-likeness (QED) is 0.620. The van der Waals surface area contributed by atoms with Crippen molar-refractivity contribution in [3.05, 3.63) is 16.9 Å². The fourth-order valence-corrected chi connectivity index (χ4v) is 2.20. The van der Waals surface area contributed by atoms with Crippen molar-refractivity contribution >= 4 is 28.7 Å². The molecule has 1 fully saturated rings. The predicted octanol–water partition coefficient (Wildman–Crippen LogP) is 2.22. The van der Waals surface area contributed by atoms with Gasteiger partial charge in [0.1, 0.15) is 5.02 Å². The standard InChI is InChI=1S/C12H17ClFN3O/c13-9-7(15)5-8(16)11(10(9)14)17-6-12(1-2-12)3-4-18/h5,17-18H,1-4,6,15-16H2. The van der Waals surface area contributed by atoms with Gasteiger partial charge >= 0.3 is 0 Å². The summed E-state index contributed by atoms with van der Waals surface area (Å²) in [6.45, 7) is 0.719. The Bertz CT molecular complexity index is 463. The van der Waals surface area contributed by atoms with Crippen LogP contribution in [0.3, 0.4) is 0 Å². The molecule has 0 bridgehead atoms. The van der Waals surface area contributed by atoms with Crippen molar-refractivity contribution in [2.75, 3.05) is 29.9 Å². The maximum absolute atomic E-state index is 13.9. The molecule has 1 aromatic rings. The van der Waals surface area contributed by atoms with Crippen LogP contribution in [-0.2, 0) is 0 Å². The molecule has 0 amide bonds. The van der Waals surface area contributed by atoms with Gasteiger partial charge in [0.15, 0.2) is 5.82 Å². The molecule has 100 valence electrons. The van der Waals surface area contributed by atoms with Gasteiger partial charge in [-0.2, -0.15) is 0 Å². The largest absolute Gasteiger partial charge is 0.397 e. The number of hydrogen-bond acceptors (Lipinski definition) is 4. The molecule has 1 aromatic carbocycles. The van der Waals surface area contributed by atoms with E-state index in [0.717, 1.165) is 12.8 Å². The zero-order chi connectivity index (χ0) is 13.3. The minimum absolute atomic E-state index is 0.0709. The van der Waals surface area contributed by atoms with Crippen LogP contribution in [-0.4, -0.2) is 18.3 Å². The highest BCUT2D eigenvalue weighted by Gasteiger charge is 2.41. The van der Waals surface area contributed by atoms with Crippen molar-refractivity contribution in [2.24, 2.45) is 5.41 Å². The summed E-state index contributed by atoms with van der Waals surface area (Å²) in [4.78, 5) is 0. The Kier molecular flexibility index (Phi) is 3.54. The third kappa shape index (κ3) is 2.47. The second kappa shape index (κ2) is 4.82. The molecule has 6 heteroatoms. The Morgan fingerprint density at radius 1 is 1.39 bits per heavy atom. The highest BCUT2D eigenvalue weighted by Crippen LogP contribution is 2.49. The molecular weight excluding hydrogens is 257 g/mol. The van der Waals surface area contributed by atoms with E-state index in [2.05, 4.69) is 5.32 Å². The Morgan fingerprint density at radius 2 is 2.06 bits per heavy atom. The van der Waals surface area contributed by atoms with Gasteiger partial charge in [-0.1, -0.05) is 11.6 Å². The van der Waals surface area contributed by atoms with Gasteiger partial charge in [-0.15, -0.1) is 0 Å². The maximum Gasteiger partial charge on any atom is 0.169 e. The average molecular weight is 274 g/mol. The second-order valence-corrected chi connectivity index (χ2v) is 5.26. The molecule has 0 aromatic heterocycles. The third-order valence-electron chi connectivity index (χ3n) is 3.50. The lowest BCUT2D eigenvalue weighted by atomic mass is 10.0. The molecular formula is C12H17ClFN3O. The van der Waals surface area contributed by atoms with Crippen molar-refractivity contribution in [2.45, 2.75) is 19.3 Å². The van der Waals surface area contributed by atoms with Gasteiger partial charge in [-0.05, 0) is 30.7 Å². The van der Waals surface area contributed by atoms with Crippen LogP contribution in [0.5, 0.6) is 0 Å². The van der Waals surface area contributed by atoms with E-state index in [1.54, 1.807) is 0 Å². The zero-order valence-electron chi connectivity index (χ0n) is 9.97. The normalized spacial score (nSPS) is 16.6. The summed E-state index contributed by atoms with van der Waals surface area (Å²) in [7, 11) is 0. The monoisotopic (exact) mass is 273 g/mol. The Hall–Kier alpha value is -1.20.